The Hall–Kier alpha value is -3.33. The van der Waals surface area contributed by atoms with E-state index in [4.69, 9.17) is 4.42 Å². The summed E-state index contributed by atoms with van der Waals surface area (Å²) in [6.45, 7) is 6.11. The van der Waals surface area contributed by atoms with Crippen molar-refractivity contribution in [1.82, 2.24) is 14.3 Å². The molecule has 5 rings (SSSR count). The summed E-state index contributed by atoms with van der Waals surface area (Å²) in [5.41, 5.74) is 0.635. The molecule has 3 aromatic heterocycles. The second-order valence-corrected chi connectivity index (χ2v) is 8.74. The third-order valence-corrected chi connectivity index (χ3v) is 6.51. The van der Waals surface area contributed by atoms with Crippen LogP contribution in [0.4, 0.5) is 18.9 Å². The third kappa shape index (κ3) is 3.86. The van der Waals surface area contributed by atoms with E-state index in [0.29, 0.717) is 17.7 Å². The first-order valence-electron chi connectivity index (χ1n) is 10.7. The fraction of sp³-hybridized carbons (Fsp3) is 0.333. The Bertz CT molecular complexity index is 1400. The molecule has 1 aliphatic heterocycles. The number of alkyl halides is 3. The Labute approximate surface area is 187 Å². The molecule has 2 atom stereocenters. The van der Waals surface area contributed by atoms with Gasteiger partial charge in [0, 0.05) is 54.7 Å². The quantitative estimate of drug-likeness (QED) is 0.411. The van der Waals surface area contributed by atoms with Gasteiger partial charge >= 0.3 is 11.8 Å². The lowest BCUT2D eigenvalue weighted by Crippen LogP contribution is -2.55. The molecule has 4 aromatic rings. The average Bonchev–Trinajstić information content (AvgIpc) is 3.18. The Morgan fingerprint density at radius 1 is 1.06 bits per heavy atom. The first-order chi connectivity index (χ1) is 15.6. The second kappa shape index (κ2) is 7.62. The number of piperazine rings is 1. The first-order valence-corrected chi connectivity index (χ1v) is 10.7. The van der Waals surface area contributed by atoms with Gasteiger partial charge in [0.25, 0.3) is 0 Å². The fourth-order valence-electron chi connectivity index (χ4n) is 4.38. The Morgan fingerprint density at radius 3 is 2.48 bits per heavy atom. The van der Waals surface area contributed by atoms with Gasteiger partial charge < -0.3 is 13.7 Å². The van der Waals surface area contributed by atoms with Crippen LogP contribution < -0.4 is 10.5 Å². The number of nitrogens with zero attached hydrogens (tertiary/aromatic N) is 4. The molecule has 1 fully saturated rings. The van der Waals surface area contributed by atoms with Gasteiger partial charge in [0.05, 0.1) is 16.8 Å². The van der Waals surface area contributed by atoms with E-state index in [1.807, 2.05) is 18.2 Å². The van der Waals surface area contributed by atoms with Gasteiger partial charge in [0.2, 0.25) is 0 Å². The summed E-state index contributed by atoms with van der Waals surface area (Å²) in [6, 6.07) is 10.1. The summed E-state index contributed by atoms with van der Waals surface area (Å²) in [4.78, 5) is 21.6. The molecular formula is C24H23F3N4O2. The Balaban J connectivity index is 1.51. The van der Waals surface area contributed by atoms with Crippen LogP contribution in [0, 0.1) is 0 Å². The Kier molecular flexibility index (Phi) is 4.97. The van der Waals surface area contributed by atoms with E-state index in [1.165, 1.54) is 16.8 Å². The van der Waals surface area contributed by atoms with E-state index >= 15 is 0 Å². The van der Waals surface area contributed by atoms with Crippen LogP contribution in [-0.4, -0.2) is 46.5 Å². The van der Waals surface area contributed by atoms with Crippen molar-refractivity contribution < 1.29 is 17.6 Å². The summed E-state index contributed by atoms with van der Waals surface area (Å²) < 4.78 is 46.1. The standard InChI is InChI=1S/C24H23F3N4O2/c1-14-11-31(12-15(2)29(14)3)18-5-4-16-8-19(23(32)33-21(16)10-18)20-13-30-7-6-17(24(25,26)27)9-22(30)28-20/h4-10,13-15H,11-12H2,1-3H3/t14-,15+. The van der Waals surface area contributed by atoms with Crippen molar-refractivity contribution in [3.05, 3.63) is 64.8 Å². The topological polar surface area (TPSA) is 54.0 Å². The van der Waals surface area contributed by atoms with Crippen LogP contribution in [-0.2, 0) is 6.18 Å². The minimum absolute atomic E-state index is 0.105. The minimum atomic E-state index is -4.47. The summed E-state index contributed by atoms with van der Waals surface area (Å²) in [5.74, 6) is 0. The molecule has 33 heavy (non-hydrogen) atoms. The molecule has 0 aliphatic carbocycles. The summed E-state index contributed by atoms with van der Waals surface area (Å²) in [7, 11) is 2.12. The maximum absolute atomic E-state index is 13.0. The van der Waals surface area contributed by atoms with Gasteiger partial charge in [0.1, 0.15) is 11.2 Å². The molecule has 4 heterocycles. The molecule has 0 radical (unpaired) electrons. The van der Waals surface area contributed by atoms with Gasteiger partial charge in [-0.15, -0.1) is 0 Å². The lowest BCUT2D eigenvalue weighted by molar-refractivity contribution is -0.137. The zero-order chi connectivity index (χ0) is 23.5. The molecule has 0 N–H and O–H groups in total. The number of hydrogen-bond acceptors (Lipinski definition) is 5. The highest BCUT2D eigenvalue weighted by Crippen LogP contribution is 2.31. The van der Waals surface area contributed by atoms with Crippen LogP contribution in [0.25, 0.3) is 27.9 Å². The smallest absolute Gasteiger partial charge is 0.416 e. The number of anilines is 1. The average molecular weight is 456 g/mol. The van der Waals surface area contributed by atoms with E-state index in [-0.39, 0.29) is 16.9 Å². The number of rotatable bonds is 2. The summed E-state index contributed by atoms with van der Waals surface area (Å²) in [6.07, 6.45) is -1.66. The zero-order valence-electron chi connectivity index (χ0n) is 18.4. The van der Waals surface area contributed by atoms with Crippen LogP contribution in [0.1, 0.15) is 19.4 Å². The van der Waals surface area contributed by atoms with Crippen molar-refractivity contribution in [3.8, 4) is 11.3 Å². The molecule has 172 valence electrons. The number of likely N-dealkylation sites (N-methyl/N-ethyl adjacent to an activating group) is 1. The van der Waals surface area contributed by atoms with Crippen LogP contribution in [0.3, 0.4) is 0 Å². The van der Waals surface area contributed by atoms with E-state index in [9.17, 15) is 18.0 Å². The Morgan fingerprint density at radius 2 is 1.79 bits per heavy atom. The van der Waals surface area contributed by atoms with Gasteiger partial charge in [0.15, 0.2) is 0 Å². The molecule has 0 spiro atoms. The monoisotopic (exact) mass is 456 g/mol. The predicted molar refractivity (Wildman–Crippen MR) is 121 cm³/mol. The lowest BCUT2D eigenvalue weighted by atomic mass is 10.1. The van der Waals surface area contributed by atoms with E-state index in [2.05, 4.69) is 35.7 Å². The van der Waals surface area contributed by atoms with Gasteiger partial charge in [-0.05, 0) is 51.2 Å². The molecular weight excluding hydrogens is 433 g/mol. The van der Waals surface area contributed by atoms with Crippen molar-refractivity contribution in [1.29, 1.82) is 0 Å². The van der Waals surface area contributed by atoms with Crippen molar-refractivity contribution in [2.24, 2.45) is 0 Å². The molecule has 1 aromatic carbocycles. The van der Waals surface area contributed by atoms with Gasteiger partial charge in [-0.3, -0.25) is 4.90 Å². The van der Waals surface area contributed by atoms with Gasteiger partial charge in [-0.25, -0.2) is 9.78 Å². The van der Waals surface area contributed by atoms with Crippen LogP contribution in [0.5, 0.6) is 0 Å². The molecule has 0 unspecified atom stereocenters. The van der Waals surface area contributed by atoms with Crippen LogP contribution in [0.2, 0.25) is 0 Å². The zero-order valence-corrected chi connectivity index (χ0v) is 18.4. The first kappa shape index (κ1) is 21.5. The third-order valence-electron chi connectivity index (χ3n) is 6.51. The summed E-state index contributed by atoms with van der Waals surface area (Å²) in [5, 5.41) is 0.719. The number of halogens is 3. The van der Waals surface area contributed by atoms with Crippen LogP contribution >= 0.6 is 0 Å². The second-order valence-electron chi connectivity index (χ2n) is 8.74. The normalized spacial score (nSPS) is 20.1. The molecule has 1 aliphatic rings. The lowest BCUT2D eigenvalue weighted by Gasteiger charge is -2.43. The molecule has 0 amide bonds. The number of imidazole rings is 1. The largest absolute Gasteiger partial charge is 0.422 e. The number of pyridine rings is 1. The van der Waals surface area contributed by atoms with Crippen molar-refractivity contribution in [2.45, 2.75) is 32.1 Å². The van der Waals surface area contributed by atoms with E-state index < -0.39 is 17.4 Å². The maximum Gasteiger partial charge on any atom is 0.416 e. The minimum Gasteiger partial charge on any atom is -0.422 e. The van der Waals surface area contributed by atoms with Crippen LogP contribution in [0.15, 0.2) is 58.0 Å². The van der Waals surface area contributed by atoms with Gasteiger partial charge in [-0.1, -0.05) is 0 Å². The molecule has 1 saturated heterocycles. The highest BCUT2D eigenvalue weighted by atomic mass is 19.4. The highest BCUT2D eigenvalue weighted by Gasteiger charge is 2.31. The maximum atomic E-state index is 13.0. The SMILES string of the molecule is C[C@@H]1CN(c2ccc3cc(-c4cn5ccc(C(F)(F)F)cc5n4)c(=O)oc3c2)C[C@H](C)N1C. The molecule has 6 nitrogen and oxygen atoms in total. The number of aromatic nitrogens is 2. The van der Waals surface area contributed by atoms with E-state index in [1.54, 1.807) is 6.07 Å². The number of fused-ring (bicyclic) bond motifs is 2. The van der Waals surface area contributed by atoms with Gasteiger partial charge in [-0.2, -0.15) is 13.2 Å². The molecule has 0 saturated carbocycles. The summed E-state index contributed by atoms with van der Waals surface area (Å²) >= 11 is 0. The molecule has 9 heteroatoms. The van der Waals surface area contributed by atoms with Crippen molar-refractivity contribution >= 4 is 22.3 Å². The number of hydrogen-bond donors (Lipinski definition) is 0. The fourth-order valence-corrected chi connectivity index (χ4v) is 4.38. The predicted octanol–water partition coefficient (Wildman–Crippen LogP) is 4.66. The van der Waals surface area contributed by atoms with Crippen molar-refractivity contribution in [3.63, 3.8) is 0 Å². The van der Waals surface area contributed by atoms with Crippen molar-refractivity contribution in [2.75, 3.05) is 25.0 Å². The highest BCUT2D eigenvalue weighted by molar-refractivity contribution is 5.84. The van der Waals surface area contributed by atoms with E-state index in [0.717, 1.165) is 36.3 Å². The molecule has 0 bridgehead atoms. The number of benzene rings is 1.